The first-order valence-corrected chi connectivity index (χ1v) is 10.2. The summed E-state index contributed by atoms with van der Waals surface area (Å²) in [6, 6.07) is 12.2. The smallest absolute Gasteiger partial charge is 0.241 e. The quantitative estimate of drug-likeness (QED) is 0.638. The molecule has 2 heterocycles. The number of aryl methyl sites for hydroxylation is 1. The highest BCUT2D eigenvalue weighted by molar-refractivity contribution is 6.31. The van der Waals surface area contributed by atoms with Crippen LogP contribution < -0.4 is 5.32 Å². The Morgan fingerprint density at radius 3 is 2.67 bits per heavy atom. The summed E-state index contributed by atoms with van der Waals surface area (Å²) in [5.74, 6) is 0.467. The third-order valence-electron chi connectivity index (χ3n) is 5.28. The van der Waals surface area contributed by atoms with Crippen LogP contribution in [0.25, 0.3) is 11.4 Å². The fraction of sp³-hybridized carbons (Fsp3) is 0.318. The van der Waals surface area contributed by atoms with E-state index >= 15 is 0 Å². The van der Waals surface area contributed by atoms with E-state index in [0.717, 1.165) is 31.5 Å². The predicted molar refractivity (Wildman–Crippen MR) is 113 cm³/mol. The van der Waals surface area contributed by atoms with Crippen LogP contribution in [0.1, 0.15) is 24.3 Å². The maximum atomic E-state index is 13.3. The number of carbonyl (C=O) groups is 1. The normalized spacial score (nSPS) is 15.3. The van der Waals surface area contributed by atoms with Gasteiger partial charge in [-0.2, -0.15) is 4.98 Å². The Morgan fingerprint density at radius 1 is 1.23 bits per heavy atom. The SMILES string of the molecule is Cc1ccc(-c2noc(CN3CCC(C(=O)Nc4ccc(F)c(Cl)c4)CC3)n2)cc1. The first kappa shape index (κ1) is 20.5. The summed E-state index contributed by atoms with van der Waals surface area (Å²) in [6.45, 7) is 4.10. The zero-order valence-corrected chi connectivity index (χ0v) is 17.3. The fourth-order valence-corrected chi connectivity index (χ4v) is 3.68. The van der Waals surface area contributed by atoms with Gasteiger partial charge in [0.1, 0.15) is 5.82 Å². The van der Waals surface area contributed by atoms with Crippen LogP contribution in [0.4, 0.5) is 10.1 Å². The molecule has 0 unspecified atom stereocenters. The van der Waals surface area contributed by atoms with E-state index < -0.39 is 5.82 Å². The van der Waals surface area contributed by atoms with Gasteiger partial charge in [-0.25, -0.2) is 4.39 Å². The Hall–Kier alpha value is -2.77. The average Bonchev–Trinajstić information content (AvgIpc) is 3.20. The fourth-order valence-electron chi connectivity index (χ4n) is 3.50. The molecule has 0 aliphatic carbocycles. The van der Waals surface area contributed by atoms with Crippen molar-refractivity contribution in [3.8, 4) is 11.4 Å². The van der Waals surface area contributed by atoms with E-state index in [2.05, 4.69) is 20.4 Å². The molecule has 0 spiro atoms. The van der Waals surface area contributed by atoms with Crippen molar-refractivity contribution in [2.24, 2.45) is 5.92 Å². The van der Waals surface area contributed by atoms with Gasteiger partial charge < -0.3 is 9.84 Å². The average molecular weight is 429 g/mol. The zero-order valence-electron chi connectivity index (χ0n) is 16.6. The molecule has 0 atom stereocenters. The minimum absolute atomic E-state index is 0.00724. The standard InChI is InChI=1S/C22H22ClFN4O2/c1-14-2-4-15(5-3-14)21-26-20(30-27-21)13-28-10-8-16(9-11-28)22(29)25-17-6-7-19(24)18(23)12-17/h2-7,12,16H,8-11,13H2,1H3,(H,25,29). The maximum absolute atomic E-state index is 13.3. The van der Waals surface area contributed by atoms with Crippen molar-refractivity contribution in [1.29, 1.82) is 0 Å². The largest absolute Gasteiger partial charge is 0.338 e. The number of anilines is 1. The summed E-state index contributed by atoms with van der Waals surface area (Å²) >= 11 is 5.77. The van der Waals surface area contributed by atoms with E-state index in [-0.39, 0.29) is 16.8 Å². The topological polar surface area (TPSA) is 71.3 Å². The van der Waals surface area contributed by atoms with Crippen LogP contribution in [0.15, 0.2) is 47.0 Å². The van der Waals surface area contributed by atoms with Gasteiger partial charge in [-0.15, -0.1) is 0 Å². The molecule has 1 aliphatic heterocycles. The van der Waals surface area contributed by atoms with E-state index in [9.17, 15) is 9.18 Å². The van der Waals surface area contributed by atoms with Crippen LogP contribution in [0.3, 0.4) is 0 Å². The summed E-state index contributed by atoms with van der Waals surface area (Å²) in [4.78, 5) is 19.2. The Balaban J connectivity index is 1.29. The van der Waals surface area contributed by atoms with Crippen LogP contribution in [-0.2, 0) is 11.3 Å². The third-order valence-corrected chi connectivity index (χ3v) is 5.57. The van der Waals surface area contributed by atoms with E-state index in [1.165, 1.54) is 23.8 Å². The third kappa shape index (κ3) is 4.86. The van der Waals surface area contributed by atoms with Gasteiger partial charge in [0.05, 0.1) is 11.6 Å². The van der Waals surface area contributed by atoms with Gasteiger partial charge in [-0.05, 0) is 51.1 Å². The van der Waals surface area contributed by atoms with Crippen LogP contribution in [0.5, 0.6) is 0 Å². The van der Waals surface area contributed by atoms with Gasteiger partial charge in [0.15, 0.2) is 0 Å². The molecule has 30 heavy (non-hydrogen) atoms. The minimum atomic E-state index is -0.505. The Bertz CT molecular complexity index is 1030. The Labute approximate surface area is 179 Å². The van der Waals surface area contributed by atoms with Crippen molar-refractivity contribution < 1.29 is 13.7 Å². The van der Waals surface area contributed by atoms with Crippen molar-refractivity contribution in [2.75, 3.05) is 18.4 Å². The highest BCUT2D eigenvalue weighted by atomic mass is 35.5. The van der Waals surface area contributed by atoms with Crippen molar-refractivity contribution >= 4 is 23.2 Å². The van der Waals surface area contributed by atoms with Crippen LogP contribution in [-0.4, -0.2) is 34.0 Å². The minimum Gasteiger partial charge on any atom is -0.338 e. The molecule has 1 N–H and O–H groups in total. The van der Waals surface area contributed by atoms with Gasteiger partial charge in [0.2, 0.25) is 17.6 Å². The monoisotopic (exact) mass is 428 g/mol. The highest BCUT2D eigenvalue weighted by Crippen LogP contribution is 2.24. The van der Waals surface area contributed by atoms with Crippen molar-refractivity contribution in [1.82, 2.24) is 15.0 Å². The number of likely N-dealkylation sites (tertiary alicyclic amines) is 1. The van der Waals surface area contributed by atoms with E-state index in [1.807, 2.05) is 31.2 Å². The molecule has 0 bridgehead atoms. The molecular formula is C22H22ClFN4O2. The zero-order chi connectivity index (χ0) is 21.1. The number of carbonyl (C=O) groups excluding carboxylic acids is 1. The summed E-state index contributed by atoms with van der Waals surface area (Å²) in [7, 11) is 0. The summed E-state index contributed by atoms with van der Waals surface area (Å²) in [5.41, 5.74) is 2.60. The summed E-state index contributed by atoms with van der Waals surface area (Å²) in [5, 5.41) is 6.88. The van der Waals surface area contributed by atoms with Crippen molar-refractivity contribution in [2.45, 2.75) is 26.3 Å². The van der Waals surface area contributed by atoms with Gasteiger partial charge >= 0.3 is 0 Å². The molecule has 2 aromatic carbocycles. The Kier molecular flexibility index (Phi) is 6.11. The van der Waals surface area contributed by atoms with E-state index in [4.69, 9.17) is 16.1 Å². The van der Waals surface area contributed by atoms with Gasteiger partial charge in [0, 0.05) is 17.2 Å². The maximum Gasteiger partial charge on any atom is 0.241 e. The van der Waals surface area contributed by atoms with Crippen LogP contribution in [0, 0.1) is 18.7 Å². The molecule has 0 saturated carbocycles. The lowest BCUT2D eigenvalue weighted by Crippen LogP contribution is -2.37. The number of hydrogen-bond acceptors (Lipinski definition) is 5. The van der Waals surface area contributed by atoms with Crippen molar-refractivity contribution in [3.05, 3.63) is 64.8 Å². The molecule has 1 saturated heterocycles. The Morgan fingerprint density at radius 2 is 1.97 bits per heavy atom. The molecule has 156 valence electrons. The lowest BCUT2D eigenvalue weighted by molar-refractivity contribution is -0.121. The number of nitrogens with one attached hydrogen (secondary N) is 1. The first-order chi connectivity index (χ1) is 14.5. The number of nitrogens with zero attached hydrogens (tertiary/aromatic N) is 3. The number of hydrogen-bond donors (Lipinski definition) is 1. The van der Waals surface area contributed by atoms with E-state index in [0.29, 0.717) is 23.9 Å². The number of piperidine rings is 1. The molecule has 1 aliphatic rings. The molecular weight excluding hydrogens is 407 g/mol. The van der Waals surface area contributed by atoms with E-state index in [1.54, 1.807) is 0 Å². The number of rotatable bonds is 5. The second kappa shape index (κ2) is 8.93. The number of benzene rings is 2. The highest BCUT2D eigenvalue weighted by Gasteiger charge is 2.26. The van der Waals surface area contributed by atoms with Gasteiger partial charge in [-0.3, -0.25) is 9.69 Å². The summed E-state index contributed by atoms with van der Waals surface area (Å²) < 4.78 is 18.7. The van der Waals surface area contributed by atoms with Gasteiger partial charge in [0.25, 0.3) is 0 Å². The molecule has 1 amide bonds. The second-order valence-corrected chi connectivity index (χ2v) is 7.95. The van der Waals surface area contributed by atoms with Crippen molar-refractivity contribution in [3.63, 3.8) is 0 Å². The number of amides is 1. The molecule has 1 fully saturated rings. The lowest BCUT2D eigenvalue weighted by atomic mass is 9.96. The molecule has 6 nitrogen and oxygen atoms in total. The second-order valence-electron chi connectivity index (χ2n) is 7.55. The number of halogens is 2. The molecule has 8 heteroatoms. The van der Waals surface area contributed by atoms with Gasteiger partial charge in [-0.1, -0.05) is 46.6 Å². The molecule has 3 aromatic rings. The molecule has 1 aromatic heterocycles. The molecule has 4 rings (SSSR count). The predicted octanol–water partition coefficient (Wildman–Crippen LogP) is 4.69. The van der Waals surface area contributed by atoms with Crippen LogP contribution in [0.2, 0.25) is 5.02 Å². The first-order valence-electron chi connectivity index (χ1n) is 9.86. The number of aromatic nitrogens is 2. The lowest BCUT2D eigenvalue weighted by Gasteiger charge is -2.30. The van der Waals surface area contributed by atoms with Crippen LogP contribution >= 0.6 is 11.6 Å². The summed E-state index contributed by atoms with van der Waals surface area (Å²) in [6.07, 6.45) is 1.44. The molecule has 0 radical (unpaired) electrons.